The fraction of sp³-hybridized carbons (Fsp3) is 0.400. The largest absolute Gasteiger partial charge is 0.329 e. The fourth-order valence-corrected chi connectivity index (χ4v) is 2.38. The molecular weight excluding hydrogens is 217 g/mol. The first-order chi connectivity index (χ1) is 5.97. The van der Waals surface area contributed by atoms with Crippen molar-refractivity contribution in [1.29, 1.82) is 0 Å². The zero-order valence-electron chi connectivity index (χ0n) is 8.59. The van der Waals surface area contributed by atoms with Gasteiger partial charge in [0.15, 0.2) is 0 Å². The highest BCUT2D eigenvalue weighted by Gasteiger charge is 2.10. The van der Waals surface area contributed by atoms with Crippen molar-refractivity contribution in [3.05, 3.63) is 35.6 Å². The predicted octanol–water partition coefficient (Wildman–Crippen LogP) is 1.61. The molecule has 1 nitrogen and oxygen atoms in total. The van der Waals surface area contributed by atoms with Crippen LogP contribution in [0.15, 0.2) is 24.3 Å². The highest BCUT2D eigenvalue weighted by molar-refractivity contribution is 6.39. The Morgan fingerprint density at radius 3 is 2.21 bits per heavy atom. The summed E-state index contributed by atoms with van der Waals surface area (Å²) in [6, 6.07) is 7.74. The molecule has 0 spiro atoms. The molecule has 0 amide bonds. The van der Waals surface area contributed by atoms with Gasteiger partial charge in [0.05, 0.1) is 0 Å². The number of rotatable bonds is 3. The van der Waals surface area contributed by atoms with Gasteiger partial charge in [-0.05, 0) is 23.3 Å². The zero-order valence-corrected chi connectivity index (χ0v) is 10.8. The second-order valence-corrected chi connectivity index (χ2v) is 6.94. The molecular formula is C10H17ClFNSi. The van der Waals surface area contributed by atoms with Crippen LogP contribution in [0, 0.1) is 5.82 Å². The minimum Gasteiger partial charge on any atom is -0.329 e. The number of hydrogen-bond donors (Lipinski definition) is 1. The highest BCUT2D eigenvalue weighted by Crippen LogP contribution is 2.05. The molecule has 0 unspecified atom stereocenters. The lowest BCUT2D eigenvalue weighted by molar-refractivity contribution is 0.627. The number of nitrogens with two attached hydrogens (primary N) is 1. The van der Waals surface area contributed by atoms with Gasteiger partial charge in [0.25, 0.3) is 0 Å². The predicted molar refractivity (Wildman–Crippen MR) is 64.2 cm³/mol. The molecule has 2 N–H and O–H groups in total. The molecule has 0 saturated heterocycles. The van der Waals surface area contributed by atoms with E-state index in [1.54, 1.807) is 0 Å². The molecule has 0 bridgehead atoms. The van der Waals surface area contributed by atoms with E-state index in [1.807, 2.05) is 12.1 Å². The van der Waals surface area contributed by atoms with Crippen LogP contribution in [0.2, 0.25) is 0 Å². The molecule has 0 aromatic heterocycles. The Morgan fingerprint density at radius 1 is 1.29 bits per heavy atom. The average molecular weight is 234 g/mol. The summed E-state index contributed by atoms with van der Waals surface area (Å²) >= 11 is 0. The smallest absolute Gasteiger partial charge is 0.123 e. The van der Waals surface area contributed by atoms with Crippen molar-refractivity contribution >= 4 is 21.9 Å². The van der Waals surface area contributed by atoms with Crippen LogP contribution in [-0.2, 0) is 6.04 Å². The van der Waals surface area contributed by atoms with Gasteiger partial charge in [-0.25, -0.2) is 4.39 Å². The van der Waals surface area contributed by atoms with Crippen LogP contribution in [0.1, 0.15) is 19.4 Å². The van der Waals surface area contributed by atoms with Gasteiger partial charge in [-0.1, -0.05) is 31.5 Å². The average Bonchev–Trinajstić information content (AvgIpc) is 2.02. The van der Waals surface area contributed by atoms with Crippen LogP contribution in [0.3, 0.4) is 0 Å². The van der Waals surface area contributed by atoms with E-state index in [0.29, 0.717) is 0 Å². The molecule has 0 aliphatic heterocycles. The molecule has 80 valence electrons. The van der Waals surface area contributed by atoms with Crippen molar-refractivity contribution in [1.82, 2.24) is 0 Å². The zero-order chi connectivity index (χ0) is 9.90. The Hall–Kier alpha value is -0.383. The van der Waals surface area contributed by atoms with E-state index in [4.69, 9.17) is 5.73 Å². The molecule has 0 saturated carbocycles. The minimum atomic E-state index is -0.306. The molecule has 1 aromatic rings. The summed E-state index contributed by atoms with van der Waals surface area (Å²) < 4.78 is 12.5. The highest BCUT2D eigenvalue weighted by atomic mass is 35.5. The van der Waals surface area contributed by atoms with Crippen LogP contribution in [0.5, 0.6) is 0 Å². The van der Waals surface area contributed by atoms with Crippen molar-refractivity contribution < 1.29 is 4.39 Å². The van der Waals surface area contributed by atoms with Crippen LogP contribution in [0.4, 0.5) is 4.39 Å². The van der Waals surface area contributed by atoms with Crippen molar-refractivity contribution in [3.8, 4) is 0 Å². The third-order valence-electron chi connectivity index (χ3n) is 1.97. The Bertz CT molecular complexity index is 268. The van der Waals surface area contributed by atoms with E-state index in [9.17, 15) is 4.39 Å². The molecule has 0 radical (unpaired) electrons. The summed E-state index contributed by atoms with van der Waals surface area (Å²) in [5, 5.41) is -0.00557. The third kappa shape index (κ3) is 5.37. The number of hydrogen-bond acceptors (Lipinski definition) is 1. The van der Waals surface area contributed by atoms with E-state index < -0.39 is 0 Å². The van der Waals surface area contributed by atoms with Crippen molar-refractivity contribution in [2.45, 2.75) is 25.1 Å². The maximum atomic E-state index is 12.5. The minimum absolute atomic E-state index is 0. The number of halogens is 2. The first kappa shape index (κ1) is 13.6. The van der Waals surface area contributed by atoms with Gasteiger partial charge < -0.3 is 5.73 Å². The Morgan fingerprint density at radius 2 is 1.79 bits per heavy atom. The summed E-state index contributed by atoms with van der Waals surface area (Å²) in [5.41, 5.74) is 7.10. The van der Waals surface area contributed by atoms with Gasteiger partial charge in [-0.2, -0.15) is 0 Å². The van der Waals surface area contributed by atoms with E-state index in [2.05, 4.69) is 13.8 Å². The van der Waals surface area contributed by atoms with Gasteiger partial charge in [0, 0.05) is 9.52 Å². The van der Waals surface area contributed by atoms with Crippen molar-refractivity contribution in [2.75, 3.05) is 0 Å². The van der Waals surface area contributed by atoms with E-state index in [1.165, 1.54) is 17.7 Å². The van der Waals surface area contributed by atoms with Gasteiger partial charge >= 0.3 is 0 Å². The first-order valence-electron chi connectivity index (χ1n) is 4.51. The Balaban J connectivity index is 0.00000169. The fourth-order valence-electron chi connectivity index (χ4n) is 1.12. The van der Waals surface area contributed by atoms with Crippen LogP contribution in [0.25, 0.3) is 0 Å². The normalized spacial score (nSPS) is 11.7. The molecule has 0 fully saturated rings. The summed E-state index contributed by atoms with van der Waals surface area (Å²) in [6.45, 7) is 4.12. The lowest BCUT2D eigenvalue weighted by atomic mass is 10.2. The number of benzene rings is 1. The van der Waals surface area contributed by atoms with Gasteiger partial charge in [-0.15, -0.1) is 12.4 Å². The lowest BCUT2D eigenvalue weighted by Gasteiger charge is -2.17. The second-order valence-electron chi connectivity index (χ2n) is 4.12. The van der Waals surface area contributed by atoms with Gasteiger partial charge in [0.1, 0.15) is 5.82 Å². The molecule has 1 aromatic carbocycles. The maximum absolute atomic E-state index is 12.5. The van der Waals surface area contributed by atoms with Crippen LogP contribution >= 0.6 is 12.4 Å². The maximum Gasteiger partial charge on any atom is 0.123 e. The Kier molecular flexibility index (Phi) is 5.34. The quantitative estimate of drug-likeness (QED) is 0.789. The molecule has 1 rings (SSSR count). The van der Waals surface area contributed by atoms with Crippen LogP contribution in [-0.4, -0.2) is 14.7 Å². The van der Waals surface area contributed by atoms with E-state index in [-0.39, 0.29) is 32.9 Å². The first-order valence-corrected chi connectivity index (χ1v) is 6.21. The third-order valence-corrected chi connectivity index (χ3v) is 4.09. The molecule has 0 heterocycles. The summed E-state index contributed by atoms with van der Waals surface area (Å²) in [7, 11) is -0.306. The SMILES string of the molecule is CC(C)(N)[SiH2]Cc1ccc(F)cc1.Cl. The van der Waals surface area contributed by atoms with Gasteiger partial charge in [-0.3, -0.25) is 0 Å². The van der Waals surface area contributed by atoms with Gasteiger partial charge in [0.2, 0.25) is 0 Å². The molecule has 0 aliphatic carbocycles. The molecule has 14 heavy (non-hydrogen) atoms. The molecule has 0 aliphatic rings. The summed E-state index contributed by atoms with van der Waals surface area (Å²) in [6.07, 6.45) is 0. The second kappa shape index (κ2) is 5.49. The topological polar surface area (TPSA) is 26.0 Å². The van der Waals surface area contributed by atoms with E-state index >= 15 is 0 Å². The summed E-state index contributed by atoms with van der Waals surface area (Å²) in [5.74, 6) is -0.169. The monoisotopic (exact) mass is 233 g/mol. The summed E-state index contributed by atoms with van der Waals surface area (Å²) in [4.78, 5) is 0. The lowest BCUT2D eigenvalue weighted by Crippen LogP contribution is -2.40. The van der Waals surface area contributed by atoms with E-state index in [0.717, 1.165) is 6.04 Å². The van der Waals surface area contributed by atoms with Crippen molar-refractivity contribution in [2.24, 2.45) is 5.73 Å². The Labute approximate surface area is 93.1 Å². The molecule has 4 heteroatoms. The molecule has 0 atom stereocenters. The van der Waals surface area contributed by atoms with Crippen molar-refractivity contribution in [3.63, 3.8) is 0 Å². The standard InChI is InChI=1S/C10H16FNSi.ClH/c1-10(2,12)13-7-8-3-5-9(11)6-4-8;/h3-6H,7,12-13H2,1-2H3;1H. The van der Waals surface area contributed by atoms with Crippen LogP contribution < -0.4 is 5.73 Å².